The molecular formula is C18H28N2O5Si2. The summed E-state index contributed by atoms with van der Waals surface area (Å²) in [5.74, 6) is -1.22. The maximum Gasteiger partial charge on any atom is 0.254 e. The molecular weight excluding hydrogens is 380 g/mol. The van der Waals surface area contributed by atoms with Crippen LogP contribution in [0.25, 0.3) is 0 Å². The van der Waals surface area contributed by atoms with Crippen LogP contribution in [0.3, 0.4) is 0 Å². The zero-order valence-electron chi connectivity index (χ0n) is 16.4. The van der Waals surface area contributed by atoms with Crippen molar-refractivity contribution in [3.05, 3.63) is 23.3 Å². The van der Waals surface area contributed by atoms with Crippen molar-refractivity contribution in [2.24, 2.45) is 0 Å². The standard InChI is InChI=1S/C18H28N2O5Si2/c1-26(2,9-5-7-13-11-15(21)19-17(13)23)25-27(3,4)10-6-8-14-12-16(22)20-18(14)24/h11-12H,5-10H2,1-4H3,(H,19,21,23)(H,20,22,24). The van der Waals surface area contributed by atoms with Crippen LogP contribution in [0.5, 0.6) is 0 Å². The zero-order valence-corrected chi connectivity index (χ0v) is 18.4. The Morgan fingerprint density at radius 2 is 1.11 bits per heavy atom. The molecule has 0 aliphatic carbocycles. The average Bonchev–Trinajstić information content (AvgIpc) is 2.98. The molecule has 0 bridgehead atoms. The molecule has 0 aromatic heterocycles. The van der Waals surface area contributed by atoms with E-state index in [9.17, 15) is 19.2 Å². The first kappa shape index (κ1) is 21.5. The molecule has 2 rings (SSSR count). The van der Waals surface area contributed by atoms with E-state index in [4.69, 9.17) is 4.12 Å². The maximum atomic E-state index is 11.6. The lowest BCUT2D eigenvalue weighted by molar-refractivity contribution is -0.125. The summed E-state index contributed by atoms with van der Waals surface area (Å²) in [7, 11) is -3.77. The van der Waals surface area contributed by atoms with Gasteiger partial charge in [0.25, 0.3) is 23.6 Å². The molecule has 2 aliphatic rings. The second kappa shape index (κ2) is 8.45. The van der Waals surface area contributed by atoms with Crippen molar-refractivity contribution < 1.29 is 23.3 Å². The molecule has 0 aromatic carbocycles. The van der Waals surface area contributed by atoms with E-state index in [0.717, 1.165) is 24.9 Å². The SMILES string of the molecule is C[Si](C)(CCCC1=CC(=O)NC1=O)O[Si](C)(C)CCCC1=CC(=O)NC1=O. The van der Waals surface area contributed by atoms with E-state index in [1.54, 1.807) is 0 Å². The lowest BCUT2D eigenvalue weighted by Gasteiger charge is -2.34. The highest BCUT2D eigenvalue weighted by Gasteiger charge is 2.33. The molecule has 0 saturated heterocycles. The van der Waals surface area contributed by atoms with Gasteiger partial charge in [-0.25, -0.2) is 0 Å². The summed E-state index contributed by atoms with van der Waals surface area (Å²) in [5.41, 5.74) is 1.11. The predicted octanol–water partition coefficient (Wildman–Crippen LogP) is 2.14. The van der Waals surface area contributed by atoms with Crippen molar-refractivity contribution in [2.75, 3.05) is 0 Å². The smallest absolute Gasteiger partial charge is 0.254 e. The molecule has 2 aliphatic heterocycles. The number of hydrogen-bond donors (Lipinski definition) is 2. The van der Waals surface area contributed by atoms with E-state index in [1.807, 2.05) is 0 Å². The fourth-order valence-corrected chi connectivity index (χ4v) is 12.4. The van der Waals surface area contributed by atoms with Crippen molar-refractivity contribution in [3.8, 4) is 0 Å². The number of amides is 4. The summed E-state index contributed by atoms with van der Waals surface area (Å²) in [6.45, 7) is 8.73. The van der Waals surface area contributed by atoms with Crippen molar-refractivity contribution in [2.45, 2.75) is 64.0 Å². The monoisotopic (exact) mass is 408 g/mol. The number of carbonyl (C=O) groups is 4. The van der Waals surface area contributed by atoms with Crippen LogP contribution < -0.4 is 10.6 Å². The van der Waals surface area contributed by atoms with Gasteiger partial charge in [0.2, 0.25) is 0 Å². The summed E-state index contributed by atoms with van der Waals surface area (Å²) in [5, 5.41) is 4.53. The molecule has 7 nitrogen and oxygen atoms in total. The van der Waals surface area contributed by atoms with Gasteiger partial charge in [-0.1, -0.05) is 0 Å². The third-order valence-corrected chi connectivity index (χ3v) is 12.2. The van der Waals surface area contributed by atoms with Crippen LogP contribution in [0.4, 0.5) is 0 Å². The first-order valence-corrected chi connectivity index (χ1v) is 15.5. The van der Waals surface area contributed by atoms with Crippen LogP contribution >= 0.6 is 0 Å². The Hall–Kier alpha value is -1.85. The first-order chi connectivity index (χ1) is 12.5. The van der Waals surface area contributed by atoms with E-state index < -0.39 is 16.6 Å². The van der Waals surface area contributed by atoms with Gasteiger partial charge >= 0.3 is 0 Å². The summed E-state index contributed by atoms with van der Waals surface area (Å²) < 4.78 is 6.55. The second-order valence-electron chi connectivity index (χ2n) is 8.30. The van der Waals surface area contributed by atoms with Gasteiger partial charge in [0.15, 0.2) is 16.6 Å². The van der Waals surface area contributed by atoms with Gasteiger partial charge in [-0.3, -0.25) is 29.8 Å². The van der Waals surface area contributed by atoms with E-state index in [0.29, 0.717) is 24.0 Å². The third kappa shape index (κ3) is 6.67. The molecule has 2 heterocycles. The molecule has 148 valence electrons. The molecule has 27 heavy (non-hydrogen) atoms. The largest absolute Gasteiger partial charge is 0.455 e. The fourth-order valence-electron chi connectivity index (χ4n) is 3.53. The van der Waals surface area contributed by atoms with Crippen LogP contribution in [0.2, 0.25) is 38.3 Å². The van der Waals surface area contributed by atoms with E-state index in [1.165, 1.54) is 12.2 Å². The molecule has 0 saturated carbocycles. The van der Waals surface area contributed by atoms with Gasteiger partial charge < -0.3 is 4.12 Å². The molecule has 2 N–H and O–H groups in total. The third-order valence-electron chi connectivity index (χ3n) is 4.67. The minimum absolute atomic E-state index is 0.279. The van der Waals surface area contributed by atoms with Crippen LogP contribution in [0.15, 0.2) is 23.3 Å². The van der Waals surface area contributed by atoms with E-state index in [-0.39, 0.29) is 23.6 Å². The average molecular weight is 409 g/mol. The van der Waals surface area contributed by atoms with Gasteiger partial charge in [-0.15, -0.1) is 0 Å². The lowest BCUT2D eigenvalue weighted by Crippen LogP contribution is -2.44. The van der Waals surface area contributed by atoms with E-state index >= 15 is 0 Å². The maximum absolute atomic E-state index is 11.6. The van der Waals surface area contributed by atoms with Crippen LogP contribution in [-0.2, 0) is 23.3 Å². The molecule has 0 atom stereocenters. The number of hydrogen-bond acceptors (Lipinski definition) is 5. The first-order valence-electron chi connectivity index (χ1n) is 9.29. The Morgan fingerprint density at radius 3 is 1.41 bits per heavy atom. The minimum atomic E-state index is -1.89. The van der Waals surface area contributed by atoms with Crippen LogP contribution in [0.1, 0.15) is 25.7 Å². The highest BCUT2D eigenvalue weighted by molar-refractivity contribution is 6.84. The highest BCUT2D eigenvalue weighted by atomic mass is 28.4. The van der Waals surface area contributed by atoms with Crippen LogP contribution in [-0.4, -0.2) is 40.3 Å². The molecule has 0 fully saturated rings. The molecule has 0 spiro atoms. The van der Waals surface area contributed by atoms with Gasteiger partial charge in [0.1, 0.15) is 0 Å². The molecule has 0 unspecified atom stereocenters. The van der Waals surface area contributed by atoms with Gasteiger partial charge in [-0.2, -0.15) is 0 Å². The van der Waals surface area contributed by atoms with Gasteiger partial charge in [0.05, 0.1) is 0 Å². The summed E-state index contributed by atoms with van der Waals surface area (Å²) in [6, 6.07) is 1.84. The molecule has 0 radical (unpaired) electrons. The highest BCUT2D eigenvalue weighted by Crippen LogP contribution is 2.27. The fraction of sp³-hybridized carbons (Fsp3) is 0.556. The van der Waals surface area contributed by atoms with Gasteiger partial charge in [0, 0.05) is 23.3 Å². The molecule has 9 heteroatoms. The van der Waals surface area contributed by atoms with Crippen molar-refractivity contribution in [1.82, 2.24) is 10.6 Å². The second-order valence-corrected chi connectivity index (χ2v) is 17.2. The Kier molecular flexibility index (Phi) is 6.71. The predicted molar refractivity (Wildman–Crippen MR) is 107 cm³/mol. The van der Waals surface area contributed by atoms with Crippen LogP contribution in [0, 0.1) is 0 Å². The molecule has 0 aromatic rings. The quantitative estimate of drug-likeness (QED) is 0.426. The van der Waals surface area contributed by atoms with Crippen molar-refractivity contribution >= 4 is 40.3 Å². The zero-order chi connectivity index (χ0) is 20.2. The minimum Gasteiger partial charge on any atom is -0.455 e. The normalized spacial score (nSPS) is 17.8. The van der Waals surface area contributed by atoms with Gasteiger partial charge in [-0.05, 0) is 64.0 Å². The summed E-state index contributed by atoms with van der Waals surface area (Å²) in [4.78, 5) is 45.5. The Morgan fingerprint density at radius 1 is 0.741 bits per heavy atom. The number of imide groups is 2. The lowest BCUT2D eigenvalue weighted by atomic mass is 10.1. The topological polar surface area (TPSA) is 102 Å². The molecule has 4 amide bonds. The summed E-state index contributed by atoms with van der Waals surface area (Å²) >= 11 is 0. The van der Waals surface area contributed by atoms with E-state index in [2.05, 4.69) is 36.8 Å². The number of nitrogens with one attached hydrogen (secondary N) is 2. The Bertz CT molecular complexity index is 665. The van der Waals surface area contributed by atoms with Crippen molar-refractivity contribution in [3.63, 3.8) is 0 Å². The summed E-state index contributed by atoms with van der Waals surface area (Å²) in [6.07, 6.45) is 5.61. The Balaban J connectivity index is 1.75. The Labute approximate surface area is 161 Å². The number of rotatable bonds is 10. The van der Waals surface area contributed by atoms with Crippen molar-refractivity contribution in [1.29, 1.82) is 0 Å². The number of carbonyl (C=O) groups excluding carboxylic acids is 4.